The molecule has 2 atom stereocenters. The highest BCUT2D eigenvalue weighted by atomic mass is 32.2. The lowest BCUT2D eigenvalue weighted by atomic mass is 10.0. The molecule has 0 aromatic heterocycles. The molecule has 0 bridgehead atoms. The van der Waals surface area contributed by atoms with E-state index < -0.39 is 0 Å². The van der Waals surface area contributed by atoms with Crippen molar-refractivity contribution >= 4 is 11.8 Å². The lowest BCUT2D eigenvalue weighted by Crippen LogP contribution is -2.33. The van der Waals surface area contributed by atoms with E-state index in [9.17, 15) is 0 Å². The predicted octanol–water partition coefficient (Wildman–Crippen LogP) is 2.76. The molecule has 0 heterocycles. The quantitative estimate of drug-likeness (QED) is 0.809. The van der Waals surface area contributed by atoms with Gasteiger partial charge in [0.05, 0.1) is 0 Å². The van der Waals surface area contributed by atoms with E-state index in [1.165, 1.54) is 11.3 Å². The molecule has 1 rings (SSSR count). The van der Waals surface area contributed by atoms with Gasteiger partial charge in [-0.1, -0.05) is 30.3 Å². The number of benzene rings is 1. The third-order valence-corrected chi connectivity index (χ3v) is 4.00. The van der Waals surface area contributed by atoms with Crippen LogP contribution in [0, 0.1) is 0 Å². The second-order valence-corrected chi connectivity index (χ2v) is 5.50. The van der Waals surface area contributed by atoms with Crippen LogP contribution in [0.15, 0.2) is 30.3 Å². The molecule has 17 heavy (non-hydrogen) atoms. The van der Waals surface area contributed by atoms with E-state index in [0.29, 0.717) is 6.04 Å². The molecule has 3 heteroatoms. The Labute approximate surface area is 110 Å². The van der Waals surface area contributed by atoms with Gasteiger partial charge in [0, 0.05) is 17.8 Å². The van der Waals surface area contributed by atoms with Gasteiger partial charge in [-0.25, -0.2) is 0 Å². The van der Waals surface area contributed by atoms with Gasteiger partial charge in [-0.05, 0) is 38.8 Å². The normalized spacial score (nSPS) is 14.9. The van der Waals surface area contributed by atoms with E-state index >= 15 is 0 Å². The minimum Gasteiger partial charge on any atom is -0.324 e. The summed E-state index contributed by atoms with van der Waals surface area (Å²) in [5, 5.41) is 0. The first-order valence-corrected chi connectivity index (χ1v) is 7.54. The van der Waals surface area contributed by atoms with Gasteiger partial charge in [0.2, 0.25) is 0 Å². The zero-order valence-electron chi connectivity index (χ0n) is 11.1. The molecule has 0 amide bonds. The van der Waals surface area contributed by atoms with Crippen LogP contribution < -0.4 is 5.73 Å². The molecule has 0 saturated heterocycles. The Bertz CT molecular complexity index is 302. The summed E-state index contributed by atoms with van der Waals surface area (Å²) in [6, 6.07) is 11.1. The van der Waals surface area contributed by atoms with Gasteiger partial charge in [-0.2, -0.15) is 11.8 Å². The summed E-state index contributed by atoms with van der Waals surface area (Å²) in [5.74, 6) is 1.18. The fourth-order valence-corrected chi connectivity index (χ4v) is 2.54. The summed E-state index contributed by atoms with van der Waals surface area (Å²) in [6.45, 7) is 3.32. The van der Waals surface area contributed by atoms with Crippen LogP contribution in [-0.4, -0.2) is 36.5 Å². The minimum atomic E-state index is 0.153. The second kappa shape index (κ2) is 7.75. The van der Waals surface area contributed by atoms with Crippen LogP contribution in [0.3, 0.4) is 0 Å². The molecule has 0 aliphatic carbocycles. The van der Waals surface area contributed by atoms with E-state index in [1.54, 1.807) is 0 Å². The number of hydrogen-bond donors (Lipinski definition) is 1. The lowest BCUT2D eigenvalue weighted by Gasteiger charge is -2.25. The van der Waals surface area contributed by atoms with E-state index in [2.05, 4.69) is 49.4 Å². The van der Waals surface area contributed by atoms with Gasteiger partial charge >= 0.3 is 0 Å². The van der Waals surface area contributed by atoms with Crippen molar-refractivity contribution in [3.8, 4) is 0 Å². The van der Waals surface area contributed by atoms with Crippen molar-refractivity contribution in [1.29, 1.82) is 0 Å². The van der Waals surface area contributed by atoms with E-state index in [-0.39, 0.29) is 6.04 Å². The fraction of sp³-hybridized carbons (Fsp3) is 0.571. The first-order chi connectivity index (χ1) is 8.15. The highest BCUT2D eigenvalue weighted by molar-refractivity contribution is 7.98. The van der Waals surface area contributed by atoms with Crippen molar-refractivity contribution in [2.24, 2.45) is 5.73 Å². The van der Waals surface area contributed by atoms with Crippen molar-refractivity contribution in [3.05, 3.63) is 35.9 Å². The van der Waals surface area contributed by atoms with Gasteiger partial charge in [0.15, 0.2) is 0 Å². The zero-order valence-corrected chi connectivity index (χ0v) is 11.9. The summed E-state index contributed by atoms with van der Waals surface area (Å²) < 4.78 is 0. The van der Waals surface area contributed by atoms with Crippen LogP contribution in [-0.2, 0) is 0 Å². The average molecular weight is 252 g/mol. The Morgan fingerprint density at radius 1 is 1.29 bits per heavy atom. The number of nitrogens with two attached hydrogens (primary N) is 1. The molecule has 1 aromatic carbocycles. The van der Waals surface area contributed by atoms with Crippen LogP contribution in [0.25, 0.3) is 0 Å². The Morgan fingerprint density at radius 2 is 1.94 bits per heavy atom. The van der Waals surface area contributed by atoms with E-state index in [1.807, 2.05) is 17.8 Å². The van der Waals surface area contributed by atoms with Gasteiger partial charge in [0.25, 0.3) is 0 Å². The van der Waals surface area contributed by atoms with Crippen molar-refractivity contribution in [1.82, 2.24) is 4.90 Å². The molecule has 1 aromatic rings. The summed E-state index contributed by atoms with van der Waals surface area (Å²) in [6.07, 6.45) is 3.17. The SMILES string of the molecule is CSCC(C)N(C)CCC(N)c1ccccc1. The predicted molar refractivity (Wildman–Crippen MR) is 78.5 cm³/mol. The largest absolute Gasteiger partial charge is 0.324 e. The molecular weight excluding hydrogens is 228 g/mol. The smallest absolute Gasteiger partial charge is 0.0307 e. The summed E-state index contributed by atoms with van der Waals surface area (Å²) in [5.41, 5.74) is 7.42. The Morgan fingerprint density at radius 3 is 2.53 bits per heavy atom. The number of hydrogen-bond acceptors (Lipinski definition) is 3. The maximum Gasteiger partial charge on any atom is 0.0307 e. The van der Waals surface area contributed by atoms with Gasteiger partial charge in [-0.15, -0.1) is 0 Å². The highest BCUT2D eigenvalue weighted by Crippen LogP contribution is 2.14. The van der Waals surface area contributed by atoms with E-state index in [0.717, 1.165) is 13.0 Å². The topological polar surface area (TPSA) is 29.3 Å². The maximum absolute atomic E-state index is 6.19. The van der Waals surface area contributed by atoms with Crippen LogP contribution >= 0.6 is 11.8 Å². The van der Waals surface area contributed by atoms with Crippen LogP contribution in [0.2, 0.25) is 0 Å². The van der Waals surface area contributed by atoms with Gasteiger partial charge < -0.3 is 10.6 Å². The van der Waals surface area contributed by atoms with Gasteiger partial charge in [0.1, 0.15) is 0 Å². The Kier molecular flexibility index (Phi) is 6.63. The van der Waals surface area contributed by atoms with Crippen LogP contribution in [0.5, 0.6) is 0 Å². The fourth-order valence-electron chi connectivity index (χ4n) is 1.80. The number of rotatable bonds is 7. The molecule has 2 unspecified atom stereocenters. The minimum absolute atomic E-state index is 0.153. The summed E-state index contributed by atoms with van der Waals surface area (Å²) >= 11 is 1.90. The third kappa shape index (κ3) is 5.11. The monoisotopic (exact) mass is 252 g/mol. The van der Waals surface area contributed by atoms with Crippen molar-refractivity contribution in [2.45, 2.75) is 25.4 Å². The molecule has 2 nitrogen and oxygen atoms in total. The summed E-state index contributed by atoms with van der Waals surface area (Å²) in [4.78, 5) is 2.39. The van der Waals surface area contributed by atoms with E-state index in [4.69, 9.17) is 5.73 Å². The Hall–Kier alpha value is -0.510. The van der Waals surface area contributed by atoms with Crippen LogP contribution in [0.4, 0.5) is 0 Å². The molecule has 0 fully saturated rings. The molecule has 96 valence electrons. The van der Waals surface area contributed by atoms with Crippen LogP contribution in [0.1, 0.15) is 24.9 Å². The molecule has 2 N–H and O–H groups in total. The average Bonchev–Trinajstić information content (AvgIpc) is 2.36. The number of nitrogens with zero attached hydrogens (tertiary/aromatic N) is 1. The first kappa shape index (κ1) is 14.6. The third-order valence-electron chi connectivity index (χ3n) is 3.18. The molecule has 0 aliphatic rings. The first-order valence-electron chi connectivity index (χ1n) is 6.15. The molecule has 0 saturated carbocycles. The zero-order chi connectivity index (χ0) is 12.7. The number of thioether (sulfide) groups is 1. The second-order valence-electron chi connectivity index (χ2n) is 4.59. The Balaban J connectivity index is 2.35. The molecule has 0 spiro atoms. The highest BCUT2D eigenvalue weighted by Gasteiger charge is 2.11. The molecular formula is C14H24N2S. The van der Waals surface area contributed by atoms with Crippen molar-refractivity contribution < 1.29 is 0 Å². The molecule has 0 radical (unpaired) electrons. The van der Waals surface area contributed by atoms with Crippen molar-refractivity contribution in [3.63, 3.8) is 0 Å². The van der Waals surface area contributed by atoms with Crippen molar-refractivity contribution in [2.75, 3.05) is 25.6 Å². The standard InChI is InChI=1S/C14H24N2S/c1-12(11-17-3)16(2)10-9-14(15)13-7-5-4-6-8-13/h4-8,12,14H,9-11,15H2,1-3H3. The lowest BCUT2D eigenvalue weighted by molar-refractivity contribution is 0.267. The molecule has 0 aliphatic heterocycles. The maximum atomic E-state index is 6.19. The summed E-state index contributed by atoms with van der Waals surface area (Å²) in [7, 11) is 2.18. The van der Waals surface area contributed by atoms with Gasteiger partial charge in [-0.3, -0.25) is 0 Å².